The van der Waals surface area contributed by atoms with Crippen LogP contribution >= 0.6 is 11.3 Å². The monoisotopic (exact) mass is 298 g/mol. The summed E-state index contributed by atoms with van der Waals surface area (Å²) in [5, 5.41) is 9.85. The minimum atomic E-state index is -0.0623. The van der Waals surface area contributed by atoms with Crippen LogP contribution in [0.5, 0.6) is 5.75 Å². The number of aliphatic hydroxyl groups excluding tert-OH is 1. The van der Waals surface area contributed by atoms with Crippen molar-refractivity contribution in [2.24, 2.45) is 0 Å². The number of hydrogen-bond donors (Lipinski definition) is 1. The van der Waals surface area contributed by atoms with Crippen molar-refractivity contribution in [3.05, 3.63) is 65.6 Å². The Balaban J connectivity index is 1.64. The van der Waals surface area contributed by atoms with Crippen molar-refractivity contribution in [1.82, 2.24) is 9.97 Å². The zero-order chi connectivity index (χ0) is 14.5. The fourth-order valence-electron chi connectivity index (χ4n) is 1.85. The SMILES string of the molecule is OCc1ccc(OCc2ncc(-c3ccccc3)s2)cn1. The smallest absolute Gasteiger partial charge is 0.140 e. The molecule has 0 aliphatic carbocycles. The van der Waals surface area contributed by atoms with Crippen molar-refractivity contribution < 1.29 is 9.84 Å². The standard InChI is InChI=1S/C16H14N2O2S/c19-10-13-6-7-14(8-17-13)20-11-16-18-9-15(21-16)12-4-2-1-3-5-12/h1-9,19H,10-11H2. The zero-order valence-electron chi connectivity index (χ0n) is 11.3. The molecule has 5 heteroatoms. The second kappa shape index (κ2) is 6.47. The molecule has 2 aromatic heterocycles. The Bertz CT molecular complexity index is 696. The Labute approximate surface area is 126 Å². The Morgan fingerprint density at radius 2 is 1.86 bits per heavy atom. The van der Waals surface area contributed by atoms with E-state index in [-0.39, 0.29) is 6.61 Å². The van der Waals surface area contributed by atoms with Gasteiger partial charge >= 0.3 is 0 Å². The van der Waals surface area contributed by atoms with Crippen LogP contribution in [0.15, 0.2) is 54.9 Å². The van der Waals surface area contributed by atoms with Gasteiger partial charge < -0.3 is 9.84 Å². The molecule has 21 heavy (non-hydrogen) atoms. The van der Waals surface area contributed by atoms with Crippen molar-refractivity contribution in [1.29, 1.82) is 0 Å². The summed E-state index contributed by atoms with van der Waals surface area (Å²) in [5.41, 5.74) is 1.79. The summed E-state index contributed by atoms with van der Waals surface area (Å²) in [6.07, 6.45) is 3.48. The van der Waals surface area contributed by atoms with Crippen LogP contribution in [-0.4, -0.2) is 15.1 Å². The van der Waals surface area contributed by atoms with Gasteiger partial charge in [-0.2, -0.15) is 0 Å². The predicted octanol–water partition coefficient (Wildman–Crippen LogP) is 3.28. The van der Waals surface area contributed by atoms with Crippen LogP contribution < -0.4 is 4.74 Å². The van der Waals surface area contributed by atoms with E-state index >= 15 is 0 Å². The minimum absolute atomic E-state index is 0.0623. The van der Waals surface area contributed by atoms with E-state index in [1.165, 1.54) is 0 Å². The van der Waals surface area contributed by atoms with Gasteiger partial charge in [-0.15, -0.1) is 11.3 Å². The van der Waals surface area contributed by atoms with Gasteiger partial charge in [0.15, 0.2) is 0 Å². The van der Waals surface area contributed by atoms with Crippen molar-refractivity contribution >= 4 is 11.3 Å². The van der Waals surface area contributed by atoms with Crippen LogP contribution in [0.1, 0.15) is 10.7 Å². The molecule has 3 rings (SSSR count). The van der Waals surface area contributed by atoms with Gasteiger partial charge in [-0.25, -0.2) is 4.98 Å². The number of aliphatic hydroxyl groups is 1. The van der Waals surface area contributed by atoms with Crippen molar-refractivity contribution in [2.45, 2.75) is 13.2 Å². The summed E-state index contributed by atoms with van der Waals surface area (Å²) in [6.45, 7) is 0.352. The highest BCUT2D eigenvalue weighted by molar-refractivity contribution is 7.15. The summed E-state index contributed by atoms with van der Waals surface area (Å²) in [4.78, 5) is 9.57. The van der Waals surface area contributed by atoms with Gasteiger partial charge in [0, 0.05) is 6.20 Å². The number of thiazole rings is 1. The van der Waals surface area contributed by atoms with Gasteiger partial charge in [0.2, 0.25) is 0 Å². The lowest BCUT2D eigenvalue weighted by Gasteiger charge is -2.03. The number of nitrogens with zero attached hydrogens (tertiary/aromatic N) is 2. The summed E-state index contributed by atoms with van der Waals surface area (Å²) in [6, 6.07) is 13.7. The molecule has 0 bridgehead atoms. The maximum Gasteiger partial charge on any atom is 0.140 e. The van der Waals surface area contributed by atoms with Crippen molar-refractivity contribution in [3.8, 4) is 16.2 Å². The highest BCUT2D eigenvalue weighted by Crippen LogP contribution is 2.26. The number of aromatic nitrogens is 2. The minimum Gasteiger partial charge on any atom is -0.485 e. The van der Waals surface area contributed by atoms with E-state index < -0.39 is 0 Å². The van der Waals surface area contributed by atoms with E-state index in [2.05, 4.69) is 22.1 Å². The molecule has 4 nitrogen and oxygen atoms in total. The maximum absolute atomic E-state index is 8.94. The van der Waals surface area contributed by atoms with Gasteiger partial charge in [0.25, 0.3) is 0 Å². The van der Waals surface area contributed by atoms with E-state index in [0.717, 1.165) is 15.4 Å². The van der Waals surface area contributed by atoms with Gasteiger partial charge in [-0.3, -0.25) is 4.98 Å². The lowest BCUT2D eigenvalue weighted by atomic mass is 10.2. The third kappa shape index (κ3) is 3.45. The molecule has 106 valence electrons. The van der Waals surface area contributed by atoms with Crippen molar-refractivity contribution in [3.63, 3.8) is 0 Å². The largest absolute Gasteiger partial charge is 0.485 e. The van der Waals surface area contributed by atoms with Gasteiger partial charge in [-0.1, -0.05) is 30.3 Å². The molecule has 2 heterocycles. The second-order valence-electron chi connectivity index (χ2n) is 4.42. The van der Waals surface area contributed by atoms with Crippen LogP contribution in [0.4, 0.5) is 0 Å². The summed E-state index contributed by atoms with van der Waals surface area (Å²) >= 11 is 1.62. The first-order valence-electron chi connectivity index (χ1n) is 6.54. The Morgan fingerprint density at radius 1 is 1.00 bits per heavy atom. The van der Waals surface area contributed by atoms with Gasteiger partial charge in [-0.05, 0) is 17.7 Å². The van der Waals surface area contributed by atoms with E-state index in [4.69, 9.17) is 9.84 Å². The second-order valence-corrected chi connectivity index (χ2v) is 5.53. The predicted molar refractivity (Wildman–Crippen MR) is 82.0 cm³/mol. The lowest BCUT2D eigenvalue weighted by Crippen LogP contribution is -1.96. The summed E-state index contributed by atoms with van der Waals surface area (Å²) < 4.78 is 5.64. The molecule has 0 amide bonds. The molecule has 1 N–H and O–H groups in total. The average Bonchev–Trinajstić information content (AvgIpc) is 3.03. The molecule has 0 aliphatic heterocycles. The molecule has 0 atom stereocenters. The Morgan fingerprint density at radius 3 is 2.57 bits per heavy atom. The normalized spacial score (nSPS) is 10.5. The molecule has 0 saturated heterocycles. The maximum atomic E-state index is 8.94. The molecule has 0 radical (unpaired) electrons. The summed E-state index contributed by atoms with van der Waals surface area (Å²) in [5.74, 6) is 0.670. The molecule has 3 aromatic rings. The highest BCUT2D eigenvalue weighted by Gasteiger charge is 2.05. The Hall–Kier alpha value is -2.24. The summed E-state index contributed by atoms with van der Waals surface area (Å²) in [7, 11) is 0. The van der Waals surface area contributed by atoms with Crippen LogP contribution in [0.2, 0.25) is 0 Å². The number of ether oxygens (including phenoxy) is 1. The first kappa shape index (κ1) is 13.7. The van der Waals surface area contributed by atoms with Crippen molar-refractivity contribution in [2.75, 3.05) is 0 Å². The van der Waals surface area contributed by atoms with Crippen LogP contribution in [0, 0.1) is 0 Å². The lowest BCUT2D eigenvalue weighted by molar-refractivity contribution is 0.275. The van der Waals surface area contributed by atoms with Crippen LogP contribution in [-0.2, 0) is 13.2 Å². The van der Waals surface area contributed by atoms with Crippen LogP contribution in [0.3, 0.4) is 0 Å². The van der Waals surface area contributed by atoms with E-state index in [1.807, 2.05) is 24.4 Å². The Kier molecular flexibility index (Phi) is 4.23. The molecule has 0 spiro atoms. The van der Waals surface area contributed by atoms with Gasteiger partial charge in [0.1, 0.15) is 17.4 Å². The number of pyridine rings is 1. The molecule has 0 aliphatic rings. The molecule has 0 fully saturated rings. The number of hydrogen-bond acceptors (Lipinski definition) is 5. The third-order valence-electron chi connectivity index (χ3n) is 2.93. The van der Waals surface area contributed by atoms with Gasteiger partial charge in [0.05, 0.1) is 23.4 Å². The first-order chi connectivity index (χ1) is 10.3. The molecule has 1 aromatic carbocycles. The molecular formula is C16H14N2O2S. The molecule has 0 saturated carbocycles. The van der Waals surface area contributed by atoms with E-state index in [0.29, 0.717) is 18.1 Å². The molecule has 0 unspecified atom stereocenters. The quantitative estimate of drug-likeness (QED) is 0.785. The topological polar surface area (TPSA) is 55.2 Å². The van der Waals surface area contributed by atoms with E-state index in [9.17, 15) is 0 Å². The fraction of sp³-hybridized carbons (Fsp3) is 0.125. The number of benzene rings is 1. The first-order valence-corrected chi connectivity index (χ1v) is 7.35. The van der Waals surface area contributed by atoms with Crippen LogP contribution in [0.25, 0.3) is 10.4 Å². The fourth-order valence-corrected chi connectivity index (χ4v) is 2.68. The third-order valence-corrected chi connectivity index (χ3v) is 3.95. The highest BCUT2D eigenvalue weighted by atomic mass is 32.1. The van der Waals surface area contributed by atoms with E-state index in [1.54, 1.807) is 29.7 Å². The molecular weight excluding hydrogens is 284 g/mol. The average molecular weight is 298 g/mol. The zero-order valence-corrected chi connectivity index (χ0v) is 12.1. The number of rotatable bonds is 5.